The van der Waals surface area contributed by atoms with E-state index in [2.05, 4.69) is 52.2 Å². The van der Waals surface area contributed by atoms with E-state index in [1.807, 2.05) is 12.1 Å². The fourth-order valence-corrected chi connectivity index (χ4v) is 2.47. The summed E-state index contributed by atoms with van der Waals surface area (Å²) < 4.78 is 1.05. The molecule has 5 heteroatoms. The average Bonchev–Trinajstić information content (AvgIpc) is 2.45. The van der Waals surface area contributed by atoms with Gasteiger partial charge in [-0.15, -0.1) is 0 Å². The van der Waals surface area contributed by atoms with Gasteiger partial charge in [0.05, 0.1) is 11.3 Å². The van der Waals surface area contributed by atoms with Gasteiger partial charge >= 0.3 is 0 Å². The van der Waals surface area contributed by atoms with E-state index in [1.54, 1.807) is 12.3 Å². The number of halogens is 1. The summed E-state index contributed by atoms with van der Waals surface area (Å²) in [5, 5.41) is 3.30. The highest BCUT2D eigenvalue weighted by Gasteiger charge is 2.21. The molecule has 2 aromatic rings. The minimum absolute atomic E-state index is 0.0953. The van der Waals surface area contributed by atoms with Gasteiger partial charge in [0.2, 0.25) is 0 Å². The molecule has 1 amide bonds. The minimum Gasteiger partial charge on any atom is -0.383 e. The predicted molar refractivity (Wildman–Crippen MR) is 88.4 cm³/mol. The lowest BCUT2D eigenvalue weighted by molar-refractivity contribution is 0.100. The van der Waals surface area contributed by atoms with Crippen molar-refractivity contribution in [3.63, 3.8) is 0 Å². The van der Waals surface area contributed by atoms with Crippen LogP contribution in [0.4, 0.5) is 5.69 Å². The van der Waals surface area contributed by atoms with Crippen molar-refractivity contribution < 1.29 is 4.79 Å². The van der Waals surface area contributed by atoms with Crippen molar-refractivity contribution in [2.75, 3.05) is 11.9 Å². The third-order valence-corrected chi connectivity index (χ3v) is 3.91. The van der Waals surface area contributed by atoms with Crippen LogP contribution in [0.15, 0.2) is 47.2 Å². The summed E-state index contributed by atoms with van der Waals surface area (Å²) in [4.78, 5) is 15.3. The molecule has 1 aromatic carbocycles. The fraction of sp³-hybridized carbons (Fsp3) is 0.250. The van der Waals surface area contributed by atoms with Gasteiger partial charge < -0.3 is 11.1 Å². The second-order valence-corrected chi connectivity index (χ2v) is 6.45. The van der Waals surface area contributed by atoms with Gasteiger partial charge in [-0.2, -0.15) is 0 Å². The van der Waals surface area contributed by atoms with E-state index in [-0.39, 0.29) is 5.41 Å². The maximum Gasteiger partial charge on any atom is 0.252 e. The summed E-state index contributed by atoms with van der Waals surface area (Å²) in [6.45, 7) is 4.97. The number of carbonyl (C=O) groups is 1. The number of amides is 1. The zero-order valence-corrected chi connectivity index (χ0v) is 13.6. The van der Waals surface area contributed by atoms with Crippen LogP contribution in [0, 0.1) is 0 Å². The SMILES string of the molecule is CC(C)(CNc1ccncc1C(N)=O)c1cccc(Br)c1. The highest BCUT2D eigenvalue weighted by molar-refractivity contribution is 9.10. The summed E-state index contributed by atoms with van der Waals surface area (Å²) in [5.74, 6) is -0.481. The van der Waals surface area contributed by atoms with Crippen molar-refractivity contribution in [3.05, 3.63) is 58.3 Å². The highest BCUT2D eigenvalue weighted by atomic mass is 79.9. The van der Waals surface area contributed by atoms with Crippen molar-refractivity contribution in [2.45, 2.75) is 19.3 Å². The van der Waals surface area contributed by atoms with E-state index >= 15 is 0 Å². The molecule has 1 aromatic heterocycles. The van der Waals surface area contributed by atoms with Gasteiger partial charge in [-0.05, 0) is 23.8 Å². The van der Waals surface area contributed by atoms with Crippen molar-refractivity contribution in [1.82, 2.24) is 4.98 Å². The van der Waals surface area contributed by atoms with Gasteiger partial charge in [-0.1, -0.05) is 41.9 Å². The van der Waals surface area contributed by atoms with Crippen LogP contribution in [-0.4, -0.2) is 17.4 Å². The maximum absolute atomic E-state index is 11.4. The van der Waals surface area contributed by atoms with Gasteiger partial charge in [-0.3, -0.25) is 9.78 Å². The summed E-state index contributed by atoms with van der Waals surface area (Å²) in [6, 6.07) is 9.97. The Kier molecular flexibility index (Phi) is 4.63. The van der Waals surface area contributed by atoms with Crippen LogP contribution in [0.3, 0.4) is 0 Å². The highest BCUT2D eigenvalue weighted by Crippen LogP contribution is 2.26. The summed E-state index contributed by atoms with van der Waals surface area (Å²) in [7, 11) is 0. The molecule has 0 saturated carbocycles. The number of nitrogens with two attached hydrogens (primary N) is 1. The Morgan fingerprint density at radius 2 is 2.14 bits per heavy atom. The molecule has 0 bridgehead atoms. The first-order valence-electron chi connectivity index (χ1n) is 6.64. The lowest BCUT2D eigenvalue weighted by Crippen LogP contribution is -2.28. The van der Waals surface area contributed by atoms with Crippen LogP contribution in [0.5, 0.6) is 0 Å². The molecule has 0 fully saturated rings. The van der Waals surface area contributed by atoms with Crippen LogP contribution >= 0.6 is 15.9 Å². The summed E-state index contributed by atoms with van der Waals surface area (Å²) in [6.07, 6.45) is 3.12. The molecular formula is C16H18BrN3O. The number of pyridine rings is 1. The molecule has 2 rings (SSSR count). The van der Waals surface area contributed by atoms with Crippen LogP contribution in [0.2, 0.25) is 0 Å². The second-order valence-electron chi connectivity index (χ2n) is 5.53. The number of anilines is 1. The zero-order valence-electron chi connectivity index (χ0n) is 12.1. The maximum atomic E-state index is 11.4. The Hall–Kier alpha value is -1.88. The Bertz CT molecular complexity index is 655. The van der Waals surface area contributed by atoms with Crippen molar-refractivity contribution in [1.29, 1.82) is 0 Å². The lowest BCUT2D eigenvalue weighted by Gasteiger charge is -2.27. The zero-order chi connectivity index (χ0) is 15.5. The molecule has 110 valence electrons. The van der Waals surface area contributed by atoms with Crippen molar-refractivity contribution in [2.24, 2.45) is 5.73 Å². The van der Waals surface area contributed by atoms with Gasteiger partial charge in [0.15, 0.2) is 0 Å². The molecule has 0 atom stereocenters. The Morgan fingerprint density at radius 3 is 2.81 bits per heavy atom. The number of primary amides is 1. The Morgan fingerprint density at radius 1 is 1.38 bits per heavy atom. The number of benzene rings is 1. The first-order chi connectivity index (χ1) is 9.90. The number of rotatable bonds is 5. The van der Waals surface area contributed by atoms with Gasteiger partial charge in [0.1, 0.15) is 0 Å². The number of hydrogen-bond donors (Lipinski definition) is 2. The molecule has 0 aliphatic heterocycles. The molecule has 1 heterocycles. The van der Waals surface area contributed by atoms with E-state index in [0.717, 1.165) is 4.47 Å². The molecule has 3 N–H and O–H groups in total. The monoisotopic (exact) mass is 347 g/mol. The summed E-state index contributed by atoms with van der Waals surface area (Å²) in [5.41, 5.74) is 7.59. The quantitative estimate of drug-likeness (QED) is 0.871. The van der Waals surface area contributed by atoms with Crippen LogP contribution in [0.25, 0.3) is 0 Å². The number of aromatic nitrogens is 1. The topological polar surface area (TPSA) is 68.0 Å². The minimum atomic E-state index is -0.481. The number of nitrogens with zero attached hydrogens (tertiary/aromatic N) is 1. The van der Waals surface area contributed by atoms with E-state index in [0.29, 0.717) is 17.8 Å². The number of hydrogen-bond acceptors (Lipinski definition) is 3. The average molecular weight is 348 g/mol. The lowest BCUT2D eigenvalue weighted by atomic mass is 9.84. The molecule has 0 aliphatic carbocycles. The Balaban J connectivity index is 2.17. The standard InChI is InChI=1S/C16H18BrN3O/c1-16(2,11-4-3-5-12(17)8-11)10-20-14-6-7-19-9-13(14)15(18)21/h3-9H,10H2,1-2H3,(H2,18,21)(H,19,20). The van der Waals surface area contributed by atoms with Gasteiger partial charge in [-0.25, -0.2) is 0 Å². The van der Waals surface area contributed by atoms with E-state index in [1.165, 1.54) is 11.8 Å². The van der Waals surface area contributed by atoms with Gasteiger partial charge in [0.25, 0.3) is 5.91 Å². The van der Waals surface area contributed by atoms with Gasteiger partial charge in [0, 0.05) is 28.8 Å². The largest absolute Gasteiger partial charge is 0.383 e. The molecule has 21 heavy (non-hydrogen) atoms. The molecule has 0 aliphatic rings. The first kappa shape index (κ1) is 15.5. The first-order valence-corrected chi connectivity index (χ1v) is 7.43. The Labute approximate surface area is 132 Å². The normalized spacial score (nSPS) is 11.2. The molecule has 0 spiro atoms. The van der Waals surface area contributed by atoms with Crippen molar-refractivity contribution >= 4 is 27.5 Å². The van der Waals surface area contributed by atoms with E-state index in [4.69, 9.17) is 5.73 Å². The third kappa shape index (κ3) is 3.82. The molecule has 0 radical (unpaired) electrons. The third-order valence-electron chi connectivity index (χ3n) is 3.41. The second kappa shape index (κ2) is 6.26. The van der Waals surface area contributed by atoms with Crippen LogP contribution in [-0.2, 0) is 5.41 Å². The molecule has 0 saturated heterocycles. The molecule has 4 nitrogen and oxygen atoms in total. The smallest absolute Gasteiger partial charge is 0.252 e. The van der Waals surface area contributed by atoms with Crippen LogP contribution in [0.1, 0.15) is 29.8 Å². The molecular weight excluding hydrogens is 330 g/mol. The summed E-state index contributed by atoms with van der Waals surface area (Å²) >= 11 is 3.49. The number of nitrogens with one attached hydrogen (secondary N) is 1. The van der Waals surface area contributed by atoms with Crippen LogP contribution < -0.4 is 11.1 Å². The molecule has 0 unspecified atom stereocenters. The van der Waals surface area contributed by atoms with Crippen molar-refractivity contribution in [3.8, 4) is 0 Å². The van der Waals surface area contributed by atoms with E-state index < -0.39 is 5.91 Å². The number of carbonyl (C=O) groups excluding carboxylic acids is 1. The fourth-order valence-electron chi connectivity index (χ4n) is 2.07. The van der Waals surface area contributed by atoms with E-state index in [9.17, 15) is 4.79 Å². The predicted octanol–water partition coefficient (Wildman–Crippen LogP) is 3.33.